The molecule has 1 saturated heterocycles. The Kier molecular flexibility index (Phi) is 6.52. The number of allylic oxidation sites excluding steroid dienone is 4. The van der Waals surface area contributed by atoms with E-state index in [1.807, 2.05) is 26.8 Å². The number of pyridine rings is 1. The van der Waals surface area contributed by atoms with Gasteiger partial charge in [-0.15, -0.1) is 0 Å². The summed E-state index contributed by atoms with van der Waals surface area (Å²) in [5, 5.41) is 0. The molecule has 0 aromatic carbocycles. The monoisotopic (exact) mass is 492 g/mol. The number of piperidine rings is 1. The van der Waals surface area contributed by atoms with E-state index < -0.39 is 32.8 Å². The Morgan fingerprint density at radius 3 is 2.65 bits per heavy atom. The van der Waals surface area contributed by atoms with Crippen LogP contribution in [0.15, 0.2) is 36.6 Å². The second-order valence-electron chi connectivity index (χ2n) is 10.6. The van der Waals surface area contributed by atoms with E-state index in [4.69, 9.17) is 9.47 Å². The number of rotatable bonds is 4. The number of hydrogen-bond donors (Lipinski definition) is 0. The van der Waals surface area contributed by atoms with Crippen molar-refractivity contribution in [1.29, 1.82) is 0 Å². The number of likely N-dealkylation sites (tertiary alicyclic amines) is 1. The molecule has 0 saturated carbocycles. The minimum Gasteiger partial charge on any atom is -0.488 e. The highest BCUT2D eigenvalue weighted by Gasteiger charge is 2.42. The number of carbonyl (C=O) groups excluding carboxylic acids is 1. The van der Waals surface area contributed by atoms with Crippen molar-refractivity contribution in [3.63, 3.8) is 0 Å². The van der Waals surface area contributed by atoms with Crippen molar-refractivity contribution in [1.82, 2.24) is 9.88 Å². The highest BCUT2D eigenvalue weighted by Crippen LogP contribution is 2.41. The summed E-state index contributed by atoms with van der Waals surface area (Å²) in [7, 11) is -3.53. The van der Waals surface area contributed by atoms with Crippen molar-refractivity contribution in [2.24, 2.45) is 5.92 Å². The lowest BCUT2D eigenvalue weighted by Gasteiger charge is -2.35. The van der Waals surface area contributed by atoms with Gasteiger partial charge in [-0.25, -0.2) is 17.6 Å². The molecule has 2 aliphatic heterocycles. The molecule has 1 aromatic heterocycles. The molecule has 0 bridgehead atoms. The summed E-state index contributed by atoms with van der Waals surface area (Å²) in [4.78, 5) is 18.5. The van der Waals surface area contributed by atoms with Crippen LogP contribution in [-0.2, 0) is 21.0 Å². The number of hydrogen-bond acceptors (Lipinski definition) is 6. The topological polar surface area (TPSA) is 85.8 Å². The Balaban J connectivity index is 1.42. The van der Waals surface area contributed by atoms with E-state index in [1.165, 1.54) is 12.2 Å². The molecule has 7 nitrogen and oxygen atoms in total. The van der Waals surface area contributed by atoms with Gasteiger partial charge in [0.25, 0.3) is 0 Å². The largest absolute Gasteiger partial charge is 0.488 e. The molecule has 0 spiro atoms. The molecule has 186 valence electrons. The van der Waals surface area contributed by atoms with E-state index in [9.17, 15) is 13.2 Å². The lowest BCUT2D eigenvalue weighted by atomic mass is 9.83. The first kappa shape index (κ1) is 24.7. The van der Waals surface area contributed by atoms with Crippen LogP contribution >= 0.6 is 0 Å². The molecule has 9 heteroatoms. The molecule has 3 heterocycles. The smallest absolute Gasteiger partial charge is 0.410 e. The average molecular weight is 493 g/mol. The number of aromatic nitrogens is 1. The molecule has 3 aliphatic rings. The van der Waals surface area contributed by atoms with Gasteiger partial charge in [-0.3, -0.25) is 4.98 Å². The van der Waals surface area contributed by atoms with E-state index in [2.05, 4.69) is 4.98 Å². The molecule has 0 radical (unpaired) electrons. The van der Waals surface area contributed by atoms with Crippen molar-refractivity contribution in [3.05, 3.63) is 47.8 Å². The number of alkyl halides is 1. The zero-order valence-corrected chi connectivity index (χ0v) is 21.0. The molecule has 1 aliphatic carbocycles. The fourth-order valence-electron chi connectivity index (χ4n) is 4.94. The molecule has 3 unspecified atom stereocenters. The van der Waals surface area contributed by atoms with Crippen LogP contribution in [0.4, 0.5) is 9.18 Å². The predicted molar refractivity (Wildman–Crippen MR) is 127 cm³/mol. The van der Waals surface area contributed by atoms with Gasteiger partial charge in [-0.1, -0.05) is 18.2 Å². The molecular weight excluding hydrogens is 459 g/mol. The maximum atomic E-state index is 15.7. The Labute approximate surface area is 200 Å². The van der Waals surface area contributed by atoms with Gasteiger partial charge in [-0.2, -0.15) is 0 Å². The summed E-state index contributed by atoms with van der Waals surface area (Å²) >= 11 is 0. The van der Waals surface area contributed by atoms with Crippen LogP contribution < -0.4 is 4.74 Å². The molecule has 1 amide bonds. The third kappa shape index (κ3) is 5.62. The first-order chi connectivity index (χ1) is 15.8. The zero-order chi connectivity index (χ0) is 24.7. The van der Waals surface area contributed by atoms with Crippen molar-refractivity contribution >= 4 is 15.9 Å². The van der Waals surface area contributed by atoms with E-state index >= 15 is 4.39 Å². The van der Waals surface area contributed by atoms with Crippen molar-refractivity contribution in [3.8, 4) is 5.75 Å². The van der Waals surface area contributed by atoms with Crippen LogP contribution in [0.5, 0.6) is 5.75 Å². The second kappa shape index (κ2) is 8.98. The summed E-state index contributed by atoms with van der Waals surface area (Å²) in [6, 6.07) is 1.84. The van der Waals surface area contributed by atoms with Gasteiger partial charge in [0.1, 0.15) is 17.5 Å². The number of ether oxygens (including phenoxy) is 2. The number of sulfone groups is 1. The summed E-state index contributed by atoms with van der Waals surface area (Å²) in [5.41, 5.74) is -1.11. The van der Waals surface area contributed by atoms with Crippen molar-refractivity contribution in [2.75, 3.05) is 25.1 Å². The predicted octanol–water partition coefficient (Wildman–Crippen LogP) is 3.99. The van der Waals surface area contributed by atoms with Crippen LogP contribution in [0.2, 0.25) is 0 Å². The van der Waals surface area contributed by atoms with Crippen LogP contribution in [0.25, 0.3) is 0 Å². The number of carbonyl (C=O) groups is 1. The Morgan fingerprint density at radius 2 is 2.00 bits per heavy atom. The van der Waals surface area contributed by atoms with E-state index in [1.54, 1.807) is 23.2 Å². The quantitative estimate of drug-likeness (QED) is 0.632. The fourth-order valence-corrected chi connectivity index (χ4v) is 6.02. The SMILES string of the molecule is CC(C)(C)OC(=O)N1CCC(C2Cc3cc(C4C=CC=CC4(F)CS(C)(=O)=O)ncc3O2)CC1. The normalized spacial score (nSPS) is 27.4. The maximum absolute atomic E-state index is 15.7. The van der Waals surface area contributed by atoms with Crippen LogP contribution in [0.1, 0.15) is 50.8 Å². The van der Waals surface area contributed by atoms with Gasteiger partial charge in [-0.05, 0) is 51.7 Å². The third-order valence-electron chi connectivity index (χ3n) is 6.49. The highest BCUT2D eigenvalue weighted by molar-refractivity contribution is 7.90. The summed E-state index contributed by atoms with van der Waals surface area (Å²) in [5.74, 6) is -0.406. The van der Waals surface area contributed by atoms with Crippen molar-refractivity contribution in [2.45, 2.75) is 63.3 Å². The summed E-state index contributed by atoms with van der Waals surface area (Å²) < 4.78 is 51.1. The first-order valence-corrected chi connectivity index (χ1v) is 13.8. The standard InChI is InChI=1S/C25H33FN2O5S/c1-24(2,3)33-23(29)28-11-8-17(9-12-28)21-14-18-13-20(27-15-22(18)32-21)19-7-5-6-10-25(19,26)16-34(4,30)31/h5-7,10,13,15,17,19,21H,8-9,11-12,14,16H2,1-4H3. The van der Waals surface area contributed by atoms with E-state index in [0.29, 0.717) is 31.0 Å². The number of fused-ring (bicyclic) bond motifs is 1. The summed E-state index contributed by atoms with van der Waals surface area (Å²) in [6.07, 6.45) is 10.9. The van der Waals surface area contributed by atoms with Gasteiger partial charge in [0.2, 0.25) is 0 Å². The molecular formula is C25H33FN2O5S. The third-order valence-corrected chi connectivity index (χ3v) is 7.46. The maximum Gasteiger partial charge on any atom is 0.410 e. The summed E-state index contributed by atoms with van der Waals surface area (Å²) in [6.45, 7) is 6.81. The molecule has 34 heavy (non-hydrogen) atoms. The van der Waals surface area contributed by atoms with E-state index in [0.717, 1.165) is 24.7 Å². The molecule has 3 atom stereocenters. The van der Waals surface area contributed by atoms with Gasteiger partial charge in [0.15, 0.2) is 15.5 Å². The minimum absolute atomic E-state index is 0.0271. The Hall–Kier alpha value is -2.42. The van der Waals surface area contributed by atoms with E-state index in [-0.39, 0.29) is 18.1 Å². The van der Waals surface area contributed by atoms with Gasteiger partial charge in [0, 0.05) is 31.3 Å². The Morgan fingerprint density at radius 1 is 1.29 bits per heavy atom. The van der Waals surface area contributed by atoms with Crippen molar-refractivity contribution < 1.29 is 27.1 Å². The average Bonchev–Trinajstić information content (AvgIpc) is 3.14. The molecule has 1 fully saturated rings. The number of halogens is 1. The van der Waals surface area contributed by atoms with Gasteiger partial charge < -0.3 is 14.4 Å². The Bertz CT molecular complexity index is 1100. The number of nitrogens with zero attached hydrogens (tertiary/aromatic N) is 2. The fraction of sp³-hybridized carbons (Fsp3) is 0.600. The van der Waals surface area contributed by atoms with Crippen LogP contribution in [0, 0.1) is 5.92 Å². The highest BCUT2D eigenvalue weighted by atomic mass is 32.2. The first-order valence-electron chi connectivity index (χ1n) is 11.7. The van der Waals surface area contributed by atoms with Gasteiger partial charge in [0.05, 0.1) is 23.6 Å². The minimum atomic E-state index is -3.53. The lowest BCUT2D eigenvalue weighted by molar-refractivity contribution is 0.0123. The van der Waals surface area contributed by atoms with Crippen LogP contribution in [0.3, 0.4) is 0 Å². The number of amides is 1. The lowest BCUT2D eigenvalue weighted by Crippen LogP contribution is -2.44. The molecule has 0 N–H and O–H groups in total. The molecule has 4 rings (SSSR count). The van der Waals surface area contributed by atoms with Gasteiger partial charge >= 0.3 is 6.09 Å². The molecule has 1 aromatic rings. The zero-order valence-electron chi connectivity index (χ0n) is 20.2. The van der Waals surface area contributed by atoms with Crippen LogP contribution in [-0.4, -0.2) is 66.9 Å². The second-order valence-corrected chi connectivity index (χ2v) is 12.7.